The van der Waals surface area contributed by atoms with Gasteiger partial charge in [-0.05, 0) is 37.4 Å². The Labute approximate surface area is 150 Å². The second-order valence-electron chi connectivity index (χ2n) is 6.26. The van der Waals surface area contributed by atoms with Crippen molar-refractivity contribution in [3.63, 3.8) is 0 Å². The number of piperazine rings is 1. The van der Waals surface area contributed by atoms with Crippen molar-refractivity contribution in [3.8, 4) is 0 Å². The number of rotatable bonds is 3. The highest BCUT2D eigenvalue weighted by molar-refractivity contribution is 6.06. The lowest BCUT2D eigenvalue weighted by Crippen LogP contribution is -2.47. The Bertz CT molecular complexity index is 833. The molecule has 1 fully saturated rings. The Hall–Kier alpha value is -2.80. The van der Waals surface area contributed by atoms with Gasteiger partial charge in [0, 0.05) is 49.1 Å². The van der Waals surface area contributed by atoms with Crippen molar-refractivity contribution in [2.24, 2.45) is 0 Å². The van der Waals surface area contributed by atoms with Crippen molar-refractivity contribution >= 4 is 17.5 Å². The summed E-state index contributed by atoms with van der Waals surface area (Å²) >= 11 is 0. The van der Waals surface area contributed by atoms with E-state index in [-0.39, 0.29) is 17.2 Å². The van der Waals surface area contributed by atoms with Crippen LogP contribution in [-0.2, 0) is 0 Å². The van der Waals surface area contributed by atoms with Crippen molar-refractivity contribution in [2.75, 3.05) is 38.5 Å². The molecule has 1 heterocycles. The first-order valence-corrected chi connectivity index (χ1v) is 8.28. The molecule has 1 aliphatic rings. The Kier molecular flexibility index (Phi) is 5.27. The maximum Gasteiger partial charge on any atom is 0.255 e. The largest absolute Gasteiger partial charge is 0.336 e. The number of halogens is 2. The molecule has 2 aromatic carbocycles. The SMILES string of the molecule is CN1CCN(C(=O)c2cccc(C(=O)Nc3ccc(F)c(F)c3)c2)CC1. The van der Waals surface area contributed by atoms with Gasteiger partial charge in [0.25, 0.3) is 11.8 Å². The number of likely N-dealkylation sites (N-methyl/N-ethyl adjacent to an activating group) is 1. The molecule has 26 heavy (non-hydrogen) atoms. The van der Waals surface area contributed by atoms with Crippen molar-refractivity contribution in [3.05, 3.63) is 65.2 Å². The molecule has 1 N–H and O–H groups in total. The lowest BCUT2D eigenvalue weighted by atomic mass is 10.1. The second kappa shape index (κ2) is 7.61. The van der Waals surface area contributed by atoms with Crippen molar-refractivity contribution in [1.29, 1.82) is 0 Å². The van der Waals surface area contributed by atoms with E-state index in [2.05, 4.69) is 10.2 Å². The number of nitrogens with zero attached hydrogens (tertiary/aromatic N) is 2. The monoisotopic (exact) mass is 359 g/mol. The fourth-order valence-corrected chi connectivity index (χ4v) is 2.76. The summed E-state index contributed by atoms with van der Waals surface area (Å²) in [4.78, 5) is 28.9. The molecule has 1 aliphatic heterocycles. The number of nitrogens with one attached hydrogen (secondary N) is 1. The number of hydrogen-bond acceptors (Lipinski definition) is 3. The van der Waals surface area contributed by atoms with E-state index in [0.717, 1.165) is 25.2 Å². The quantitative estimate of drug-likeness (QED) is 0.917. The molecule has 1 saturated heterocycles. The highest BCUT2D eigenvalue weighted by atomic mass is 19.2. The molecule has 2 amide bonds. The van der Waals surface area contributed by atoms with Crippen LogP contribution in [0.5, 0.6) is 0 Å². The minimum Gasteiger partial charge on any atom is -0.336 e. The molecule has 5 nitrogen and oxygen atoms in total. The molecule has 0 unspecified atom stereocenters. The molecule has 0 spiro atoms. The molecule has 0 aliphatic carbocycles. The third kappa shape index (κ3) is 4.05. The van der Waals surface area contributed by atoms with E-state index in [0.29, 0.717) is 18.7 Å². The normalized spacial score (nSPS) is 15.0. The lowest BCUT2D eigenvalue weighted by molar-refractivity contribution is 0.0664. The Balaban J connectivity index is 1.72. The predicted octanol–water partition coefficient (Wildman–Crippen LogP) is 2.60. The fourth-order valence-electron chi connectivity index (χ4n) is 2.76. The summed E-state index contributed by atoms with van der Waals surface area (Å²) < 4.78 is 26.2. The van der Waals surface area contributed by atoms with Crippen LogP contribution in [0, 0.1) is 11.6 Å². The predicted molar refractivity (Wildman–Crippen MR) is 94.2 cm³/mol. The summed E-state index contributed by atoms with van der Waals surface area (Å²) in [5.41, 5.74) is 0.840. The van der Waals surface area contributed by atoms with Gasteiger partial charge in [-0.2, -0.15) is 0 Å². The number of hydrogen-bond donors (Lipinski definition) is 1. The molecule has 0 bridgehead atoms. The lowest BCUT2D eigenvalue weighted by Gasteiger charge is -2.32. The maximum atomic E-state index is 13.3. The zero-order chi connectivity index (χ0) is 18.7. The zero-order valence-electron chi connectivity index (χ0n) is 14.3. The van der Waals surface area contributed by atoms with Crippen LogP contribution < -0.4 is 5.32 Å². The van der Waals surface area contributed by atoms with Crippen molar-refractivity contribution in [2.45, 2.75) is 0 Å². The van der Waals surface area contributed by atoms with Gasteiger partial charge in [0.1, 0.15) is 0 Å². The van der Waals surface area contributed by atoms with Crippen LogP contribution in [0.25, 0.3) is 0 Å². The molecular formula is C19H19F2N3O2. The van der Waals surface area contributed by atoms with Gasteiger partial charge in [-0.15, -0.1) is 0 Å². The minimum atomic E-state index is -1.04. The maximum absolute atomic E-state index is 13.3. The number of carbonyl (C=O) groups excluding carboxylic acids is 2. The van der Waals surface area contributed by atoms with Crippen LogP contribution >= 0.6 is 0 Å². The van der Waals surface area contributed by atoms with Crippen LogP contribution in [0.3, 0.4) is 0 Å². The number of benzene rings is 2. The van der Waals surface area contributed by atoms with Gasteiger partial charge in [-0.25, -0.2) is 8.78 Å². The summed E-state index contributed by atoms with van der Waals surface area (Å²) in [5, 5.41) is 2.50. The first-order chi connectivity index (χ1) is 12.4. The van der Waals surface area contributed by atoms with E-state index in [9.17, 15) is 18.4 Å². The van der Waals surface area contributed by atoms with Gasteiger partial charge < -0.3 is 15.1 Å². The standard InChI is InChI=1S/C19H19F2N3O2/c1-23-7-9-24(10-8-23)19(26)14-4-2-3-13(11-14)18(25)22-15-5-6-16(20)17(21)12-15/h2-6,11-12H,7-10H2,1H3,(H,22,25). The van der Waals surface area contributed by atoms with E-state index in [1.54, 1.807) is 23.1 Å². The van der Waals surface area contributed by atoms with Crippen LogP contribution in [0.1, 0.15) is 20.7 Å². The fraction of sp³-hybridized carbons (Fsp3) is 0.263. The van der Waals surface area contributed by atoms with Crippen molar-refractivity contribution in [1.82, 2.24) is 9.80 Å². The topological polar surface area (TPSA) is 52.7 Å². The van der Waals surface area contributed by atoms with Crippen LogP contribution in [-0.4, -0.2) is 54.8 Å². The summed E-state index contributed by atoms with van der Waals surface area (Å²) in [7, 11) is 2.01. The Morgan fingerprint density at radius 2 is 1.62 bits per heavy atom. The summed E-state index contributed by atoms with van der Waals surface area (Å²) in [6, 6.07) is 9.49. The molecule has 3 rings (SSSR count). The van der Waals surface area contributed by atoms with E-state index in [1.165, 1.54) is 12.1 Å². The van der Waals surface area contributed by atoms with Gasteiger partial charge in [-0.3, -0.25) is 9.59 Å². The Morgan fingerprint density at radius 1 is 0.923 bits per heavy atom. The average Bonchev–Trinajstić information content (AvgIpc) is 2.65. The molecular weight excluding hydrogens is 340 g/mol. The van der Waals surface area contributed by atoms with Gasteiger partial charge in [0.2, 0.25) is 0 Å². The van der Waals surface area contributed by atoms with Gasteiger partial charge >= 0.3 is 0 Å². The van der Waals surface area contributed by atoms with Crippen LogP contribution in [0.2, 0.25) is 0 Å². The summed E-state index contributed by atoms with van der Waals surface area (Å²) in [6.45, 7) is 2.89. The molecule has 0 saturated carbocycles. The molecule has 136 valence electrons. The van der Waals surface area contributed by atoms with E-state index in [1.807, 2.05) is 7.05 Å². The van der Waals surface area contributed by atoms with Gasteiger partial charge in [0.15, 0.2) is 11.6 Å². The molecule has 2 aromatic rings. The first kappa shape index (κ1) is 18.0. The van der Waals surface area contributed by atoms with E-state index < -0.39 is 17.5 Å². The highest BCUT2D eigenvalue weighted by Gasteiger charge is 2.21. The molecule has 0 atom stereocenters. The summed E-state index contributed by atoms with van der Waals surface area (Å²) in [6.07, 6.45) is 0. The van der Waals surface area contributed by atoms with Crippen LogP contribution in [0.4, 0.5) is 14.5 Å². The van der Waals surface area contributed by atoms with E-state index >= 15 is 0 Å². The highest BCUT2D eigenvalue weighted by Crippen LogP contribution is 2.16. The third-order valence-electron chi connectivity index (χ3n) is 4.34. The van der Waals surface area contributed by atoms with Gasteiger partial charge in [0.05, 0.1) is 0 Å². The van der Waals surface area contributed by atoms with Crippen LogP contribution in [0.15, 0.2) is 42.5 Å². The average molecular weight is 359 g/mol. The molecule has 0 radical (unpaired) electrons. The number of anilines is 1. The van der Waals surface area contributed by atoms with Gasteiger partial charge in [-0.1, -0.05) is 6.07 Å². The molecule has 0 aromatic heterocycles. The number of carbonyl (C=O) groups is 2. The van der Waals surface area contributed by atoms with Crippen molar-refractivity contribution < 1.29 is 18.4 Å². The summed E-state index contributed by atoms with van der Waals surface area (Å²) in [5.74, 6) is -2.64. The third-order valence-corrected chi connectivity index (χ3v) is 4.34. The zero-order valence-corrected chi connectivity index (χ0v) is 14.3. The Morgan fingerprint density at radius 3 is 2.31 bits per heavy atom. The minimum absolute atomic E-state index is 0.124. The van der Waals surface area contributed by atoms with E-state index in [4.69, 9.17) is 0 Å². The smallest absolute Gasteiger partial charge is 0.255 e. The molecule has 7 heteroatoms. The second-order valence-corrected chi connectivity index (χ2v) is 6.26. The first-order valence-electron chi connectivity index (χ1n) is 8.28. The number of amides is 2.